The van der Waals surface area contributed by atoms with Gasteiger partial charge in [0.1, 0.15) is 5.65 Å². The molecule has 0 aliphatic carbocycles. The van der Waals surface area contributed by atoms with E-state index in [1.165, 1.54) is 4.57 Å². The predicted molar refractivity (Wildman–Crippen MR) is 112 cm³/mol. The summed E-state index contributed by atoms with van der Waals surface area (Å²) in [5, 5.41) is 3.63. The number of aromatic amines is 2. The maximum absolute atomic E-state index is 13.0. The number of hydrogen-bond acceptors (Lipinski definition) is 3. The molecule has 7 nitrogen and oxygen atoms in total. The van der Waals surface area contributed by atoms with Crippen molar-refractivity contribution in [2.75, 3.05) is 5.32 Å². The normalized spacial score (nSPS) is 15.5. The van der Waals surface area contributed by atoms with E-state index in [-0.39, 0.29) is 11.3 Å². The number of benzene rings is 2. The minimum absolute atomic E-state index is 0.256. The molecule has 0 saturated heterocycles. The largest absolute Gasteiger partial charge is 0.340 e. The minimum atomic E-state index is -0.744. The predicted octanol–water partition coefficient (Wildman–Crippen LogP) is 2.96. The molecular formula is C21H15ClN4O3. The fourth-order valence-corrected chi connectivity index (χ4v) is 4.15. The highest BCUT2D eigenvalue weighted by Gasteiger charge is 2.37. The highest BCUT2D eigenvalue weighted by atomic mass is 35.5. The topological polar surface area (TPSA) is 99.8 Å². The number of halogens is 1. The lowest BCUT2D eigenvalue weighted by atomic mass is 9.89. The van der Waals surface area contributed by atoms with Crippen LogP contribution in [0.5, 0.6) is 0 Å². The molecule has 0 spiro atoms. The fourth-order valence-electron chi connectivity index (χ4n) is 3.97. The molecule has 0 bridgehead atoms. The van der Waals surface area contributed by atoms with Crippen LogP contribution in [-0.2, 0) is 11.8 Å². The van der Waals surface area contributed by atoms with Crippen molar-refractivity contribution in [2.24, 2.45) is 7.05 Å². The van der Waals surface area contributed by atoms with E-state index in [0.29, 0.717) is 33.2 Å². The number of nitrogens with one attached hydrogen (secondary N) is 3. The van der Waals surface area contributed by atoms with E-state index in [2.05, 4.69) is 15.3 Å². The third kappa shape index (κ3) is 2.55. The summed E-state index contributed by atoms with van der Waals surface area (Å²) in [5.74, 6) is -1.00. The Bertz CT molecular complexity index is 1420. The van der Waals surface area contributed by atoms with Gasteiger partial charge in [-0.15, -0.1) is 0 Å². The summed E-state index contributed by atoms with van der Waals surface area (Å²) in [6.07, 6.45) is 0. The molecule has 2 aromatic heterocycles. The van der Waals surface area contributed by atoms with Crippen molar-refractivity contribution in [3.05, 3.63) is 85.5 Å². The molecular weight excluding hydrogens is 392 g/mol. The number of fused-ring (bicyclic) bond motifs is 2. The van der Waals surface area contributed by atoms with E-state index in [1.807, 2.05) is 30.3 Å². The van der Waals surface area contributed by atoms with Crippen LogP contribution in [-0.4, -0.2) is 20.4 Å². The SMILES string of the molecule is Cn1c(=O)[nH]c(=O)c2c(C3C(=O)Nc4ccc(Cl)cc43)c(-c3ccccc3)[nH]c21. The first kappa shape index (κ1) is 17.5. The molecule has 3 heterocycles. The molecule has 1 unspecified atom stereocenters. The van der Waals surface area contributed by atoms with E-state index >= 15 is 0 Å². The first-order valence-corrected chi connectivity index (χ1v) is 9.34. The lowest BCUT2D eigenvalue weighted by Crippen LogP contribution is -2.28. The average Bonchev–Trinajstić information content (AvgIpc) is 3.24. The number of nitrogens with zero attached hydrogens (tertiary/aromatic N) is 1. The summed E-state index contributed by atoms with van der Waals surface area (Å²) >= 11 is 6.19. The van der Waals surface area contributed by atoms with E-state index in [1.54, 1.807) is 25.2 Å². The Balaban J connectivity index is 1.92. The molecule has 5 rings (SSSR count). The molecule has 29 heavy (non-hydrogen) atoms. The lowest BCUT2D eigenvalue weighted by molar-refractivity contribution is -0.116. The molecule has 0 fully saturated rings. The first-order chi connectivity index (χ1) is 14.0. The van der Waals surface area contributed by atoms with Gasteiger partial charge in [0.15, 0.2) is 0 Å². The molecule has 144 valence electrons. The monoisotopic (exact) mass is 406 g/mol. The minimum Gasteiger partial charge on any atom is -0.340 e. The standard InChI is InChI=1S/C21H15ClN4O3/c1-26-18-16(20(28)25-21(26)29)15(17(24-18)10-5-3-2-4-6-10)14-12-9-11(22)7-8-13(12)23-19(14)27/h2-9,14,24H,1H3,(H,23,27)(H,25,28,29). The third-order valence-electron chi connectivity index (χ3n) is 5.30. The molecule has 1 atom stereocenters. The Morgan fingerprint density at radius 1 is 1.00 bits per heavy atom. The van der Waals surface area contributed by atoms with Crippen molar-refractivity contribution in [1.82, 2.24) is 14.5 Å². The van der Waals surface area contributed by atoms with Crippen LogP contribution in [0.4, 0.5) is 5.69 Å². The van der Waals surface area contributed by atoms with E-state index in [4.69, 9.17) is 11.6 Å². The number of amides is 1. The summed E-state index contributed by atoms with van der Waals surface area (Å²) < 4.78 is 1.33. The highest BCUT2D eigenvalue weighted by Crippen LogP contribution is 2.44. The van der Waals surface area contributed by atoms with Crippen molar-refractivity contribution in [2.45, 2.75) is 5.92 Å². The van der Waals surface area contributed by atoms with Gasteiger partial charge in [-0.2, -0.15) is 0 Å². The Morgan fingerprint density at radius 3 is 2.52 bits per heavy atom. The number of carbonyl (C=O) groups is 1. The molecule has 1 amide bonds. The van der Waals surface area contributed by atoms with Crippen LogP contribution in [0.2, 0.25) is 5.02 Å². The van der Waals surface area contributed by atoms with Crippen LogP contribution in [0.15, 0.2) is 58.1 Å². The van der Waals surface area contributed by atoms with Crippen molar-refractivity contribution in [3.8, 4) is 11.3 Å². The van der Waals surface area contributed by atoms with Crippen LogP contribution in [0.1, 0.15) is 17.0 Å². The molecule has 2 aromatic carbocycles. The fraction of sp³-hybridized carbons (Fsp3) is 0.0952. The van der Waals surface area contributed by atoms with Gasteiger partial charge in [0.05, 0.1) is 17.0 Å². The Hall–Kier alpha value is -3.58. The summed E-state index contributed by atoms with van der Waals surface area (Å²) in [6.45, 7) is 0. The average molecular weight is 407 g/mol. The number of H-pyrrole nitrogens is 2. The smallest absolute Gasteiger partial charge is 0.329 e. The van der Waals surface area contributed by atoms with Crippen molar-refractivity contribution in [3.63, 3.8) is 0 Å². The van der Waals surface area contributed by atoms with Crippen molar-refractivity contribution in [1.29, 1.82) is 0 Å². The van der Waals surface area contributed by atoms with Gasteiger partial charge in [0, 0.05) is 23.3 Å². The zero-order valence-electron chi connectivity index (χ0n) is 15.2. The summed E-state index contributed by atoms with van der Waals surface area (Å²) in [6, 6.07) is 14.5. The molecule has 4 aromatic rings. The van der Waals surface area contributed by atoms with E-state index in [0.717, 1.165) is 5.56 Å². The van der Waals surface area contributed by atoms with Crippen LogP contribution in [0.3, 0.4) is 0 Å². The summed E-state index contributed by atoms with van der Waals surface area (Å²) in [7, 11) is 1.56. The quantitative estimate of drug-likeness (QED) is 0.477. The van der Waals surface area contributed by atoms with Gasteiger partial charge in [-0.1, -0.05) is 41.9 Å². The molecule has 0 saturated carbocycles. The number of aryl methyl sites for hydroxylation is 1. The Morgan fingerprint density at radius 2 is 1.76 bits per heavy atom. The first-order valence-electron chi connectivity index (χ1n) is 8.96. The van der Waals surface area contributed by atoms with Gasteiger partial charge in [0.25, 0.3) is 5.56 Å². The number of anilines is 1. The Kier molecular flexibility index (Phi) is 3.75. The summed E-state index contributed by atoms with van der Waals surface area (Å²) in [5.41, 5.74) is 2.55. The number of rotatable bonds is 2. The summed E-state index contributed by atoms with van der Waals surface area (Å²) in [4.78, 5) is 43.5. The molecule has 1 aliphatic rings. The van der Waals surface area contributed by atoms with E-state index < -0.39 is 17.2 Å². The molecule has 1 aliphatic heterocycles. The van der Waals surface area contributed by atoms with Gasteiger partial charge < -0.3 is 10.3 Å². The van der Waals surface area contributed by atoms with Crippen LogP contribution in [0, 0.1) is 0 Å². The van der Waals surface area contributed by atoms with Crippen LogP contribution in [0.25, 0.3) is 22.3 Å². The number of aromatic nitrogens is 3. The van der Waals surface area contributed by atoms with Gasteiger partial charge in [-0.25, -0.2) is 4.79 Å². The molecule has 3 N–H and O–H groups in total. The molecule has 0 radical (unpaired) electrons. The third-order valence-corrected chi connectivity index (χ3v) is 5.54. The van der Waals surface area contributed by atoms with Crippen LogP contribution >= 0.6 is 11.6 Å². The molecule has 8 heteroatoms. The van der Waals surface area contributed by atoms with Gasteiger partial charge in [-0.05, 0) is 29.3 Å². The number of carbonyl (C=O) groups excluding carboxylic acids is 1. The van der Waals surface area contributed by atoms with Crippen molar-refractivity contribution >= 4 is 34.2 Å². The van der Waals surface area contributed by atoms with Gasteiger partial charge in [0.2, 0.25) is 5.91 Å². The van der Waals surface area contributed by atoms with Gasteiger partial charge in [-0.3, -0.25) is 19.1 Å². The second-order valence-corrected chi connectivity index (χ2v) is 7.41. The maximum atomic E-state index is 13.0. The van der Waals surface area contributed by atoms with Crippen LogP contribution < -0.4 is 16.6 Å². The second-order valence-electron chi connectivity index (χ2n) is 6.98. The van der Waals surface area contributed by atoms with Crippen molar-refractivity contribution < 1.29 is 4.79 Å². The van der Waals surface area contributed by atoms with Gasteiger partial charge >= 0.3 is 5.69 Å². The maximum Gasteiger partial charge on any atom is 0.329 e. The zero-order valence-corrected chi connectivity index (χ0v) is 16.0. The zero-order chi connectivity index (χ0) is 20.3. The number of hydrogen-bond donors (Lipinski definition) is 3. The van der Waals surface area contributed by atoms with E-state index in [9.17, 15) is 14.4 Å². The highest BCUT2D eigenvalue weighted by molar-refractivity contribution is 6.31. The lowest BCUT2D eigenvalue weighted by Gasteiger charge is -2.12. The second kappa shape index (κ2) is 6.22. The Labute approximate surface area is 169 Å².